The Balaban J connectivity index is 1.93. The highest BCUT2D eigenvalue weighted by atomic mass is 35.5. The van der Waals surface area contributed by atoms with Crippen molar-refractivity contribution in [1.29, 1.82) is 0 Å². The Bertz CT molecular complexity index is 950. The van der Waals surface area contributed by atoms with E-state index in [0.29, 0.717) is 11.4 Å². The number of aliphatic hydroxyl groups is 1. The third kappa shape index (κ3) is 4.43. The Kier molecular flexibility index (Phi) is 5.61. The number of nitrogens with zero attached hydrogens (tertiary/aromatic N) is 2. The van der Waals surface area contributed by atoms with Crippen LogP contribution >= 0.6 is 23.2 Å². The molecule has 7 nitrogen and oxygen atoms in total. The molecular weight excluding hydrogens is 407 g/mol. The summed E-state index contributed by atoms with van der Waals surface area (Å²) in [5, 5.41) is 23.8. The monoisotopic (exact) mass is 426 g/mol. The van der Waals surface area contributed by atoms with E-state index in [0.717, 1.165) is 18.5 Å². The normalized spacial score (nSPS) is 16.2. The molecule has 0 aliphatic heterocycles. The SMILES string of the molecule is Cc1nn(C)c(Oc2cc(O[C@@H](C)C(=O)O)c(Cl)cc2Cl)c1C=CC1(O)CC1. The van der Waals surface area contributed by atoms with Gasteiger partial charge in [0.05, 0.1) is 26.9 Å². The van der Waals surface area contributed by atoms with Gasteiger partial charge in [-0.2, -0.15) is 5.10 Å². The predicted octanol–water partition coefficient (Wildman–Crippen LogP) is 4.22. The van der Waals surface area contributed by atoms with Crippen molar-refractivity contribution in [2.45, 2.75) is 38.4 Å². The summed E-state index contributed by atoms with van der Waals surface area (Å²) in [5.74, 6) is -0.332. The first kappa shape index (κ1) is 20.5. The van der Waals surface area contributed by atoms with Gasteiger partial charge >= 0.3 is 5.97 Å². The first-order valence-electron chi connectivity index (χ1n) is 8.61. The van der Waals surface area contributed by atoms with Gasteiger partial charge in [-0.3, -0.25) is 0 Å². The highest BCUT2D eigenvalue weighted by Gasteiger charge is 2.37. The van der Waals surface area contributed by atoms with Gasteiger partial charge in [-0.05, 0) is 38.8 Å². The molecule has 0 amide bonds. The molecule has 28 heavy (non-hydrogen) atoms. The van der Waals surface area contributed by atoms with Crippen LogP contribution in [-0.2, 0) is 11.8 Å². The summed E-state index contributed by atoms with van der Waals surface area (Å²) in [4.78, 5) is 11.0. The lowest BCUT2D eigenvalue weighted by Gasteiger charge is -2.15. The molecule has 1 heterocycles. The number of ether oxygens (including phenoxy) is 2. The number of benzene rings is 1. The van der Waals surface area contributed by atoms with Crippen LogP contribution in [0.3, 0.4) is 0 Å². The number of hydrogen-bond acceptors (Lipinski definition) is 5. The van der Waals surface area contributed by atoms with Crippen LogP contribution in [0.1, 0.15) is 31.0 Å². The fourth-order valence-corrected chi connectivity index (χ4v) is 2.99. The maximum Gasteiger partial charge on any atom is 0.344 e. The van der Waals surface area contributed by atoms with Gasteiger partial charge in [-0.15, -0.1) is 0 Å². The van der Waals surface area contributed by atoms with E-state index in [-0.39, 0.29) is 21.5 Å². The predicted molar refractivity (Wildman–Crippen MR) is 105 cm³/mol. The number of hydrogen-bond donors (Lipinski definition) is 2. The highest BCUT2D eigenvalue weighted by Crippen LogP contribution is 2.41. The minimum absolute atomic E-state index is 0.138. The van der Waals surface area contributed by atoms with Gasteiger partial charge in [0.1, 0.15) is 5.75 Å². The molecule has 2 aromatic rings. The zero-order valence-electron chi connectivity index (χ0n) is 15.6. The third-order valence-corrected chi connectivity index (χ3v) is 4.97. The molecule has 0 radical (unpaired) electrons. The molecule has 1 aromatic carbocycles. The minimum Gasteiger partial charge on any atom is -0.479 e. The molecule has 0 saturated heterocycles. The fraction of sp³-hybridized carbons (Fsp3) is 0.368. The molecule has 1 atom stereocenters. The second-order valence-electron chi connectivity index (χ2n) is 6.78. The van der Waals surface area contributed by atoms with Crippen LogP contribution in [0.2, 0.25) is 10.0 Å². The summed E-state index contributed by atoms with van der Waals surface area (Å²) in [7, 11) is 1.72. The van der Waals surface area contributed by atoms with Crippen molar-refractivity contribution >= 4 is 35.2 Å². The maximum atomic E-state index is 11.0. The first-order chi connectivity index (χ1) is 13.1. The molecule has 3 rings (SSSR count). The molecule has 0 spiro atoms. The van der Waals surface area contributed by atoms with E-state index in [1.807, 2.05) is 6.92 Å². The lowest BCUT2D eigenvalue weighted by atomic mass is 10.2. The van der Waals surface area contributed by atoms with Crippen LogP contribution in [0.15, 0.2) is 18.2 Å². The van der Waals surface area contributed by atoms with E-state index in [1.165, 1.54) is 19.1 Å². The van der Waals surface area contributed by atoms with Crippen molar-refractivity contribution in [3.8, 4) is 17.4 Å². The summed E-state index contributed by atoms with van der Waals surface area (Å²) in [6.07, 6.45) is 3.87. The average molecular weight is 427 g/mol. The molecule has 150 valence electrons. The standard InChI is InChI=1S/C19H20Cl2N2O5/c1-10-12(4-5-19(26)6-7-19)17(23(3)22-10)28-16-9-15(13(20)8-14(16)21)27-11(2)18(24)25/h4-5,8-9,11,26H,6-7H2,1-3H3,(H,24,25)/t11-/m0/s1. The summed E-state index contributed by atoms with van der Waals surface area (Å²) < 4.78 is 12.9. The van der Waals surface area contributed by atoms with Crippen molar-refractivity contribution in [1.82, 2.24) is 9.78 Å². The van der Waals surface area contributed by atoms with Crippen LogP contribution in [0.4, 0.5) is 0 Å². The van der Waals surface area contributed by atoms with Crippen LogP contribution in [0.5, 0.6) is 17.4 Å². The van der Waals surface area contributed by atoms with Gasteiger partial charge in [0.2, 0.25) is 5.88 Å². The zero-order valence-corrected chi connectivity index (χ0v) is 17.1. The van der Waals surface area contributed by atoms with E-state index in [1.54, 1.807) is 23.9 Å². The largest absolute Gasteiger partial charge is 0.479 e. The molecular formula is C19H20Cl2N2O5. The third-order valence-electron chi connectivity index (χ3n) is 4.38. The Morgan fingerprint density at radius 3 is 2.57 bits per heavy atom. The smallest absolute Gasteiger partial charge is 0.344 e. The lowest BCUT2D eigenvalue weighted by Crippen LogP contribution is -2.23. The van der Waals surface area contributed by atoms with E-state index < -0.39 is 17.7 Å². The summed E-state index contributed by atoms with van der Waals surface area (Å²) in [6.45, 7) is 3.22. The molecule has 1 saturated carbocycles. The number of aryl methyl sites for hydroxylation is 2. The summed E-state index contributed by atoms with van der Waals surface area (Å²) in [5.41, 5.74) is 0.667. The molecule has 9 heteroatoms. The fourth-order valence-electron chi connectivity index (χ4n) is 2.52. The van der Waals surface area contributed by atoms with Crippen molar-refractivity contribution in [3.63, 3.8) is 0 Å². The molecule has 2 N–H and O–H groups in total. The van der Waals surface area contributed by atoms with Gasteiger partial charge in [0, 0.05) is 13.1 Å². The van der Waals surface area contributed by atoms with Gasteiger partial charge in [0.15, 0.2) is 11.9 Å². The van der Waals surface area contributed by atoms with Gasteiger partial charge in [0.25, 0.3) is 0 Å². The molecule has 1 aromatic heterocycles. The highest BCUT2D eigenvalue weighted by molar-refractivity contribution is 6.36. The van der Waals surface area contributed by atoms with Crippen LogP contribution in [-0.4, -0.2) is 37.7 Å². The maximum absolute atomic E-state index is 11.0. The lowest BCUT2D eigenvalue weighted by molar-refractivity contribution is -0.144. The number of rotatable bonds is 7. The van der Waals surface area contributed by atoms with Crippen LogP contribution in [0, 0.1) is 6.92 Å². The van der Waals surface area contributed by atoms with Gasteiger partial charge in [-0.25, -0.2) is 9.48 Å². The Hall–Kier alpha value is -2.22. The first-order valence-corrected chi connectivity index (χ1v) is 9.37. The number of carboxylic acid groups (broad SMARTS) is 1. The van der Waals surface area contributed by atoms with Crippen molar-refractivity contribution in [2.75, 3.05) is 0 Å². The molecule has 1 aliphatic carbocycles. The number of carbonyl (C=O) groups is 1. The van der Waals surface area contributed by atoms with E-state index >= 15 is 0 Å². The van der Waals surface area contributed by atoms with E-state index in [4.69, 9.17) is 37.8 Å². The quantitative estimate of drug-likeness (QED) is 0.688. The zero-order chi connectivity index (χ0) is 20.6. The summed E-state index contributed by atoms with van der Waals surface area (Å²) >= 11 is 12.4. The average Bonchev–Trinajstić information content (AvgIpc) is 3.28. The van der Waals surface area contributed by atoms with Crippen molar-refractivity contribution in [2.24, 2.45) is 7.05 Å². The van der Waals surface area contributed by atoms with Crippen LogP contribution in [0.25, 0.3) is 6.08 Å². The topological polar surface area (TPSA) is 93.8 Å². The number of halogens is 2. The number of carboxylic acids is 1. The Morgan fingerprint density at radius 2 is 1.96 bits per heavy atom. The number of aromatic nitrogens is 2. The molecule has 1 aliphatic rings. The molecule has 1 fully saturated rings. The number of aliphatic carboxylic acids is 1. The van der Waals surface area contributed by atoms with Gasteiger partial charge in [-0.1, -0.05) is 29.3 Å². The molecule has 0 bridgehead atoms. The van der Waals surface area contributed by atoms with Crippen LogP contribution < -0.4 is 9.47 Å². The van der Waals surface area contributed by atoms with E-state index in [2.05, 4.69) is 5.10 Å². The van der Waals surface area contributed by atoms with Crippen molar-refractivity contribution in [3.05, 3.63) is 39.5 Å². The van der Waals surface area contributed by atoms with E-state index in [9.17, 15) is 9.90 Å². The summed E-state index contributed by atoms with van der Waals surface area (Å²) in [6, 6.07) is 2.86. The minimum atomic E-state index is -1.12. The second kappa shape index (κ2) is 7.66. The Labute approximate surface area is 172 Å². The second-order valence-corrected chi connectivity index (χ2v) is 7.59. The molecule has 0 unspecified atom stereocenters. The van der Waals surface area contributed by atoms with Gasteiger partial charge < -0.3 is 19.7 Å². The Morgan fingerprint density at radius 1 is 1.32 bits per heavy atom. The van der Waals surface area contributed by atoms with Crippen molar-refractivity contribution < 1.29 is 24.5 Å².